The lowest BCUT2D eigenvalue weighted by Crippen LogP contribution is -2.25. The average Bonchev–Trinajstić information content (AvgIpc) is 2.51. The molecule has 0 rings (SSSR count). The van der Waals surface area contributed by atoms with E-state index in [0.29, 0.717) is 0 Å². The van der Waals surface area contributed by atoms with Gasteiger partial charge in [0.15, 0.2) is 0 Å². The van der Waals surface area contributed by atoms with Crippen molar-refractivity contribution in [2.45, 2.75) is 20.0 Å². The monoisotopic (exact) mass is 320 g/mol. The fourth-order valence-corrected chi connectivity index (χ4v) is 1.73. The molecule has 0 heterocycles. The van der Waals surface area contributed by atoms with E-state index in [1.54, 1.807) is 38.2 Å². The van der Waals surface area contributed by atoms with Gasteiger partial charge in [-0.1, -0.05) is 86.1 Å². The first-order chi connectivity index (χ1) is 10.7. The highest BCUT2D eigenvalue weighted by molar-refractivity contribution is 5.40. The first-order valence-electron chi connectivity index (χ1n) is 7.04. The zero-order valence-corrected chi connectivity index (χ0v) is 13.7. The molecule has 0 unspecified atom stereocenters. The van der Waals surface area contributed by atoms with Crippen molar-refractivity contribution in [3.05, 3.63) is 97.2 Å². The molecule has 0 N–H and O–H groups in total. The van der Waals surface area contributed by atoms with E-state index >= 15 is 0 Å². The largest absolute Gasteiger partial charge is 0.399 e. The summed E-state index contributed by atoms with van der Waals surface area (Å²) in [5, 5.41) is 0. The Kier molecular flexibility index (Phi) is 8.71. The Labute approximate surface area is 137 Å². The van der Waals surface area contributed by atoms with Gasteiger partial charge in [0, 0.05) is 0 Å². The Morgan fingerprint density at radius 3 is 1.26 bits per heavy atom. The van der Waals surface area contributed by atoms with Crippen LogP contribution in [0, 0.1) is 5.92 Å². The number of allylic oxidation sites excluding steroid dienone is 12. The molecule has 0 atom stereocenters. The molecule has 0 bridgehead atoms. The molecular formula is C20H23F3. The fraction of sp³-hybridized carbons (Fsp3) is 0.200. The van der Waals surface area contributed by atoms with Crippen LogP contribution in [0.4, 0.5) is 13.2 Å². The molecule has 0 aromatic carbocycles. The maximum absolute atomic E-state index is 13.5. The van der Waals surface area contributed by atoms with Crippen LogP contribution in [0.1, 0.15) is 13.8 Å². The molecule has 3 heteroatoms. The molecule has 0 saturated carbocycles. The van der Waals surface area contributed by atoms with Crippen LogP contribution in [0.15, 0.2) is 97.2 Å². The number of rotatable bonds is 8. The number of halogens is 3. The predicted molar refractivity (Wildman–Crippen MR) is 94.0 cm³/mol. The van der Waals surface area contributed by atoms with Crippen LogP contribution in [0.3, 0.4) is 0 Å². The molecule has 0 aromatic rings. The molecule has 0 amide bonds. The van der Waals surface area contributed by atoms with Gasteiger partial charge in [-0.3, -0.25) is 0 Å². The maximum atomic E-state index is 13.5. The third kappa shape index (κ3) is 7.00. The van der Waals surface area contributed by atoms with Crippen LogP contribution in [0.25, 0.3) is 0 Å². The third-order valence-corrected chi connectivity index (χ3v) is 3.19. The van der Waals surface area contributed by atoms with Gasteiger partial charge in [-0.25, -0.2) is 0 Å². The van der Waals surface area contributed by atoms with Gasteiger partial charge in [0.2, 0.25) is 0 Å². The van der Waals surface area contributed by atoms with E-state index < -0.39 is 12.1 Å². The summed E-state index contributed by atoms with van der Waals surface area (Å²) in [6.45, 7) is 17.7. The Bertz CT molecular complexity index is 532. The minimum atomic E-state index is -4.45. The molecule has 0 saturated heterocycles. The average molecular weight is 320 g/mol. The van der Waals surface area contributed by atoms with Crippen molar-refractivity contribution in [2.75, 3.05) is 0 Å². The Hall–Kier alpha value is -2.29. The molecule has 23 heavy (non-hydrogen) atoms. The highest BCUT2D eigenvalue weighted by atomic mass is 19.4. The summed E-state index contributed by atoms with van der Waals surface area (Å²) in [4.78, 5) is 0. The topological polar surface area (TPSA) is 0 Å². The molecular weight excluding hydrogens is 297 g/mol. The van der Waals surface area contributed by atoms with E-state index in [2.05, 4.69) is 26.3 Å². The summed E-state index contributed by atoms with van der Waals surface area (Å²) in [5.74, 6) is -1.79. The Morgan fingerprint density at radius 1 is 0.696 bits per heavy atom. The zero-order valence-electron chi connectivity index (χ0n) is 13.7. The summed E-state index contributed by atoms with van der Waals surface area (Å²) < 4.78 is 40.6. The van der Waals surface area contributed by atoms with E-state index in [9.17, 15) is 13.2 Å². The second kappa shape index (κ2) is 9.67. The van der Waals surface area contributed by atoms with Crippen molar-refractivity contribution in [3.63, 3.8) is 0 Å². The molecule has 0 aliphatic carbocycles. The minimum absolute atomic E-state index is 0.0505. The molecule has 0 aliphatic heterocycles. The Morgan fingerprint density at radius 2 is 1.04 bits per heavy atom. The lowest BCUT2D eigenvalue weighted by molar-refractivity contribution is -0.152. The van der Waals surface area contributed by atoms with Gasteiger partial charge < -0.3 is 0 Å². The standard InChI is InChI=1S/C20H23F3/c1-7-15(5)11-13-17(9-3)19(20(21,22)23)18(10-4)14-12-16(6)8-2/h7-14,19H,1-4H2,5-6H3/b15-11-,16-12-,17-13+,18-14+. The van der Waals surface area contributed by atoms with Gasteiger partial charge in [0.05, 0.1) is 0 Å². The number of hydrogen-bond donors (Lipinski definition) is 0. The number of alkyl halides is 3. The molecule has 124 valence electrons. The van der Waals surface area contributed by atoms with Gasteiger partial charge in [-0.05, 0) is 25.0 Å². The van der Waals surface area contributed by atoms with Crippen LogP contribution in [0.5, 0.6) is 0 Å². The maximum Gasteiger partial charge on any atom is 0.399 e. The molecule has 0 aromatic heterocycles. The van der Waals surface area contributed by atoms with Gasteiger partial charge in [0.1, 0.15) is 5.92 Å². The summed E-state index contributed by atoms with van der Waals surface area (Å²) in [6.07, 6.45) is 7.08. The van der Waals surface area contributed by atoms with Gasteiger partial charge in [0.25, 0.3) is 0 Å². The van der Waals surface area contributed by atoms with Crippen molar-refractivity contribution in [1.29, 1.82) is 0 Å². The minimum Gasteiger partial charge on any atom is -0.170 e. The van der Waals surface area contributed by atoms with Crippen LogP contribution in [-0.4, -0.2) is 6.18 Å². The highest BCUT2D eigenvalue weighted by Gasteiger charge is 2.42. The fourth-order valence-electron chi connectivity index (χ4n) is 1.73. The van der Waals surface area contributed by atoms with Crippen LogP contribution < -0.4 is 0 Å². The normalized spacial score (nSPS) is 15.9. The molecule has 0 radical (unpaired) electrons. The second-order valence-corrected chi connectivity index (χ2v) is 4.95. The summed E-state index contributed by atoms with van der Waals surface area (Å²) >= 11 is 0. The van der Waals surface area contributed by atoms with E-state index in [-0.39, 0.29) is 11.1 Å². The first-order valence-corrected chi connectivity index (χ1v) is 7.04. The van der Waals surface area contributed by atoms with Gasteiger partial charge in [-0.2, -0.15) is 13.2 Å². The SMILES string of the molecule is C=C/C(C)=C\C=C(/C=C)C(/C(C=C)=C/C=C(/C)C=C)C(F)(F)F. The van der Waals surface area contributed by atoms with E-state index in [4.69, 9.17) is 0 Å². The van der Waals surface area contributed by atoms with E-state index in [1.165, 1.54) is 24.3 Å². The van der Waals surface area contributed by atoms with Crippen molar-refractivity contribution in [2.24, 2.45) is 5.92 Å². The molecule has 0 fully saturated rings. The third-order valence-electron chi connectivity index (χ3n) is 3.19. The highest BCUT2D eigenvalue weighted by Crippen LogP contribution is 2.38. The van der Waals surface area contributed by atoms with Gasteiger partial charge in [-0.15, -0.1) is 0 Å². The zero-order chi connectivity index (χ0) is 18.0. The molecule has 0 spiro atoms. The first kappa shape index (κ1) is 20.7. The van der Waals surface area contributed by atoms with E-state index in [0.717, 1.165) is 11.1 Å². The summed E-state index contributed by atoms with van der Waals surface area (Å²) in [7, 11) is 0. The van der Waals surface area contributed by atoms with E-state index in [1.807, 2.05) is 0 Å². The molecule has 0 aliphatic rings. The second-order valence-electron chi connectivity index (χ2n) is 4.95. The van der Waals surface area contributed by atoms with Crippen molar-refractivity contribution >= 4 is 0 Å². The van der Waals surface area contributed by atoms with Crippen LogP contribution in [-0.2, 0) is 0 Å². The lowest BCUT2D eigenvalue weighted by atomic mass is 9.88. The Balaban J connectivity index is 6.12. The van der Waals surface area contributed by atoms with Crippen molar-refractivity contribution in [1.82, 2.24) is 0 Å². The predicted octanol–water partition coefficient (Wildman–Crippen LogP) is 6.65. The quantitative estimate of drug-likeness (QED) is 0.439. The van der Waals surface area contributed by atoms with Crippen LogP contribution in [0.2, 0.25) is 0 Å². The van der Waals surface area contributed by atoms with Gasteiger partial charge >= 0.3 is 6.18 Å². The van der Waals surface area contributed by atoms with Crippen molar-refractivity contribution < 1.29 is 13.2 Å². The summed E-state index contributed by atoms with van der Waals surface area (Å²) in [6, 6.07) is 0. The smallest absolute Gasteiger partial charge is 0.170 e. The van der Waals surface area contributed by atoms with Crippen LogP contribution >= 0.6 is 0 Å². The summed E-state index contributed by atoms with van der Waals surface area (Å²) in [5.41, 5.74) is 1.62. The molecule has 0 nitrogen and oxygen atoms in total. The van der Waals surface area contributed by atoms with Crippen molar-refractivity contribution in [3.8, 4) is 0 Å². The number of hydrogen-bond acceptors (Lipinski definition) is 0. The lowest BCUT2D eigenvalue weighted by Gasteiger charge is -2.22.